The summed E-state index contributed by atoms with van der Waals surface area (Å²) in [5.74, 6) is 0. The Hall–Kier alpha value is -1.28. The first-order chi connectivity index (χ1) is 8.54. The highest BCUT2D eigenvalue weighted by Crippen LogP contribution is 2.27. The molecule has 0 saturated carbocycles. The average Bonchev–Trinajstić information content (AvgIpc) is 2.68. The first kappa shape index (κ1) is 13.2. The molecule has 1 unspecified atom stereocenters. The molecule has 0 bridgehead atoms. The number of hydrogen-bond donors (Lipinski definition) is 1. The SMILES string of the molecule is CNC(C)Cc1cc2cccc(C)c2n1C(C)C. The maximum Gasteiger partial charge on any atom is 0.0514 e. The van der Waals surface area contributed by atoms with Crippen LogP contribution in [0.4, 0.5) is 0 Å². The van der Waals surface area contributed by atoms with Crippen LogP contribution in [0.1, 0.15) is 38.1 Å². The van der Waals surface area contributed by atoms with Gasteiger partial charge in [0.05, 0.1) is 5.52 Å². The zero-order valence-corrected chi connectivity index (χ0v) is 12.1. The summed E-state index contributed by atoms with van der Waals surface area (Å²) in [6.07, 6.45) is 1.07. The minimum atomic E-state index is 0.502. The summed E-state index contributed by atoms with van der Waals surface area (Å²) in [7, 11) is 2.03. The molecule has 1 atom stereocenters. The number of aryl methyl sites for hydroxylation is 1. The van der Waals surface area contributed by atoms with Crippen LogP contribution >= 0.6 is 0 Å². The van der Waals surface area contributed by atoms with Crippen molar-refractivity contribution in [1.29, 1.82) is 0 Å². The van der Waals surface area contributed by atoms with Crippen molar-refractivity contribution < 1.29 is 0 Å². The van der Waals surface area contributed by atoms with E-state index in [1.54, 1.807) is 0 Å². The molecule has 1 heterocycles. The lowest BCUT2D eigenvalue weighted by Gasteiger charge is -2.18. The van der Waals surface area contributed by atoms with E-state index in [4.69, 9.17) is 0 Å². The Morgan fingerprint density at radius 2 is 1.94 bits per heavy atom. The van der Waals surface area contributed by atoms with Crippen LogP contribution in [0.2, 0.25) is 0 Å². The summed E-state index contributed by atoms with van der Waals surface area (Å²) in [5, 5.41) is 4.69. The predicted molar refractivity (Wildman–Crippen MR) is 79.3 cm³/mol. The lowest BCUT2D eigenvalue weighted by molar-refractivity contribution is 0.544. The van der Waals surface area contributed by atoms with Gasteiger partial charge in [-0.1, -0.05) is 18.2 Å². The second-order valence-electron chi connectivity index (χ2n) is 5.51. The van der Waals surface area contributed by atoms with E-state index in [1.807, 2.05) is 7.05 Å². The Bertz CT molecular complexity index is 537. The number of hydrogen-bond acceptors (Lipinski definition) is 1. The lowest BCUT2D eigenvalue weighted by atomic mass is 10.1. The van der Waals surface area contributed by atoms with E-state index >= 15 is 0 Å². The van der Waals surface area contributed by atoms with Gasteiger partial charge in [-0.3, -0.25) is 0 Å². The van der Waals surface area contributed by atoms with Crippen LogP contribution in [0.25, 0.3) is 10.9 Å². The molecule has 18 heavy (non-hydrogen) atoms. The lowest BCUT2D eigenvalue weighted by Crippen LogP contribution is -2.25. The number of para-hydroxylation sites is 1. The number of aromatic nitrogens is 1. The fourth-order valence-corrected chi connectivity index (χ4v) is 2.68. The predicted octanol–water partition coefficient (Wildman–Crippen LogP) is 3.68. The molecular formula is C16H24N2. The molecule has 1 aromatic carbocycles. The van der Waals surface area contributed by atoms with Crippen molar-refractivity contribution >= 4 is 10.9 Å². The Labute approximate surface area is 110 Å². The maximum absolute atomic E-state index is 3.33. The summed E-state index contributed by atoms with van der Waals surface area (Å²) in [6.45, 7) is 8.96. The van der Waals surface area contributed by atoms with Crippen LogP contribution < -0.4 is 5.32 Å². The molecule has 0 aliphatic rings. The van der Waals surface area contributed by atoms with Gasteiger partial charge in [0.25, 0.3) is 0 Å². The van der Waals surface area contributed by atoms with Gasteiger partial charge in [0.15, 0.2) is 0 Å². The number of fused-ring (bicyclic) bond motifs is 1. The Morgan fingerprint density at radius 3 is 2.56 bits per heavy atom. The topological polar surface area (TPSA) is 17.0 Å². The van der Waals surface area contributed by atoms with Gasteiger partial charge in [-0.05, 0) is 46.4 Å². The van der Waals surface area contributed by atoms with Crippen molar-refractivity contribution in [2.45, 2.75) is 46.2 Å². The molecule has 2 aromatic rings. The molecule has 0 aliphatic heterocycles. The highest BCUT2D eigenvalue weighted by Gasteiger charge is 2.14. The molecule has 0 amide bonds. The molecule has 1 N–H and O–H groups in total. The van der Waals surface area contributed by atoms with Crippen LogP contribution in [0, 0.1) is 6.92 Å². The van der Waals surface area contributed by atoms with E-state index in [0.717, 1.165) is 6.42 Å². The number of nitrogens with zero attached hydrogens (tertiary/aromatic N) is 1. The molecule has 0 radical (unpaired) electrons. The minimum absolute atomic E-state index is 0.502. The minimum Gasteiger partial charge on any atom is -0.342 e. The molecule has 2 heteroatoms. The molecule has 0 aliphatic carbocycles. The van der Waals surface area contributed by atoms with Gasteiger partial charge in [-0.2, -0.15) is 0 Å². The van der Waals surface area contributed by atoms with Gasteiger partial charge >= 0.3 is 0 Å². The highest BCUT2D eigenvalue weighted by molar-refractivity contribution is 5.84. The van der Waals surface area contributed by atoms with Gasteiger partial charge in [0.2, 0.25) is 0 Å². The second-order valence-corrected chi connectivity index (χ2v) is 5.51. The summed E-state index contributed by atoms with van der Waals surface area (Å²) < 4.78 is 2.48. The van der Waals surface area contributed by atoms with Gasteiger partial charge < -0.3 is 9.88 Å². The number of likely N-dealkylation sites (N-methyl/N-ethyl adjacent to an activating group) is 1. The summed E-state index contributed by atoms with van der Waals surface area (Å²) >= 11 is 0. The van der Waals surface area contributed by atoms with Crippen molar-refractivity contribution in [3.05, 3.63) is 35.5 Å². The number of nitrogens with one attached hydrogen (secondary N) is 1. The van der Waals surface area contributed by atoms with Gasteiger partial charge in [-0.15, -0.1) is 0 Å². The van der Waals surface area contributed by atoms with Crippen molar-refractivity contribution in [3.63, 3.8) is 0 Å². The Balaban J connectivity index is 2.59. The number of rotatable bonds is 4. The van der Waals surface area contributed by atoms with E-state index in [-0.39, 0.29) is 0 Å². The molecule has 0 saturated heterocycles. The molecule has 1 aromatic heterocycles. The third-order valence-electron chi connectivity index (χ3n) is 3.67. The first-order valence-corrected chi connectivity index (χ1v) is 6.81. The normalized spacial score (nSPS) is 13.4. The number of benzene rings is 1. The van der Waals surface area contributed by atoms with Gasteiger partial charge in [0, 0.05) is 29.6 Å². The van der Waals surface area contributed by atoms with Crippen LogP contribution in [0.5, 0.6) is 0 Å². The molecule has 2 nitrogen and oxygen atoms in total. The second kappa shape index (κ2) is 5.15. The summed E-state index contributed by atoms with van der Waals surface area (Å²) in [6, 6.07) is 9.92. The van der Waals surface area contributed by atoms with Gasteiger partial charge in [-0.25, -0.2) is 0 Å². The molecule has 0 fully saturated rings. The van der Waals surface area contributed by atoms with Crippen LogP contribution in [0.15, 0.2) is 24.3 Å². The summed E-state index contributed by atoms with van der Waals surface area (Å²) in [4.78, 5) is 0. The van der Waals surface area contributed by atoms with Crippen molar-refractivity contribution in [2.24, 2.45) is 0 Å². The van der Waals surface area contributed by atoms with Crippen molar-refractivity contribution in [2.75, 3.05) is 7.05 Å². The highest BCUT2D eigenvalue weighted by atomic mass is 15.0. The Kier molecular flexibility index (Phi) is 3.76. The van der Waals surface area contributed by atoms with E-state index in [2.05, 4.69) is 61.8 Å². The zero-order valence-electron chi connectivity index (χ0n) is 12.1. The van der Waals surface area contributed by atoms with E-state index in [0.29, 0.717) is 12.1 Å². The largest absolute Gasteiger partial charge is 0.342 e. The van der Waals surface area contributed by atoms with Crippen molar-refractivity contribution in [1.82, 2.24) is 9.88 Å². The third kappa shape index (κ3) is 2.30. The monoisotopic (exact) mass is 244 g/mol. The fourth-order valence-electron chi connectivity index (χ4n) is 2.68. The first-order valence-electron chi connectivity index (χ1n) is 6.81. The molecule has 98 valence electrons. The van der Waals surface area contributed by atoms with E-state index < -0.39 is 0 Å². The van der Waals surface area contributed by atoms with E-state index in [9.17, 15) is 0 Å². The van der Waals surface area contributed by atoms with E-state index in [1.165, 1.54) is 22.2 Å². The smallest absolute Gasteiger partial charge is 0.0514 e. The zero-order chi connectivity index (χ0) is 13.3. The quantitative estimate of drug-likeness (QED) is 0.868. The average molecular weight is 244 g/mol. The third-order valence-corrected chi connectivity index (χ3v) is 3.67. The molecular weight excluding hydrogens is 220 g/mol. The van der Waals surface area contributed by atoms with Crippen molar-refractivity contribution in [3.8, 4) is 0 Å². The summed E-state index contributed by atoms with van der Waals surface area (Å²) in [5.41, 5.74) is 4.19. The van der Waals surface area contributed by atoms with Gasteiger partial charge in [0.1, 0.15) is 0 Å². The Morgan fingerprint density at radius 1 is 1.22 bits per heavy atom. The molecule has 2 rings (SSSR count). The molecule has 0 spiro atoms. The fraction of sp³-hybridized carbons (Fsp3) is 0.500. The van der Waals surface area contributed by atoms with Crippen LogP contribution in [-0.2, 0) is 6.42 Å². The standard InChI is InChI=1S/C16H24N2/c1-11(2)18-15(9-13(4)17-5)10-14-8-6-7-12(3)16(14)18/h6-8,10-11,13,17H,9H2,1-5H3. The van der Waals surface area contributed by atoms with Crippen LogP contribution in [0.3, 0.4) is 0 Å². The van der Waals surface area contributed by atoms with Crippen LogP contribution in [-0.4, -0.2) is 17.7 Å². The maximum atomic E-state index is 3.33.